The number of esters is 1. The first kappa shape index (κ1) is 17.2. The van der Waals surface area contributed by atoms with Crippen LogP contribution in [-0.2, 0) is 0 Å². The SMILES string of the molecule is O=C(Oc1ccc(C(=O)c2ccccc2)cc1)c1cc(Cl)cc(Cl)c1. The van der Waals surface area contributed by atoms with Crippen LogP contribution in [0.3, 0.4) is 0 Å². The molecule has 0 unspecified atom stereocenters. The second kappa shape index (κ2) is 7.51. The fourth-order valence-electron chi connectivity index (χ4n) is 2.27. The summed E-state index contributed by atoms with van der Waals surface area (Å²) in [5, 5.41) is 0.700. The summed E-state index contributed by atoms with van der Waals surface area (Å²) in [6.07, 6.45) is 0. The van der Waals surface area contributed by atoms with E-state index in [-0.39, 0.29) is 11.3 Å². The monoisotopic (exact) mass is 370 g/mol. The van der Waals surface area contributed by atoms with Crippen molar-refractivity contribution in [2.75, 3.05) is 0 Å². The lowest BCUT2D eigenvalue weighted by molar-refractivity contribution is 0.0734. The van der Waals surface area contributed by atoms with Gasteiger partial charge < -0.3 is 4.74 Å². The molecule has 0 heterocycles. The number of hydrogen-bond acceptors (Lipinski definition) is 3. The Morgan fingerprint density at radius 2 is 1.24 bits per heavy atom. The molecule has 0 radical (unpaired) electrons. The summed E-state index contributed by atoms with van der Waals surface area (Å²) in [6.45, 7) is 0. The molecule has 0 aliphatic rings. The van der Waals surface area contributed by atoms with Crippen LogP contribution in [0.25, 0.3) is 0 Å². The van der Waals surface area contributed by atoms with Crippen molar-refractivity contribution >= 4 is 35.0 Å². The fraction of sp³-hybridized carbons (Fsp3) is 0. The highest BCUT2D eigenvalue weighted by molar-refractivity contribution is 6.35. The Labute approximate surface area is 154 Å². The Morgan fingerprint density at radius 1 is 0.680 bits per heavy atom. The normalized spacial score (nSPS) is 10.3. The van der Waals surface area contributed by atoms with Crippen LogP contribution in [0.2, 0.25) is 10.0 Å². The van der Waals surface area contributed by atoms with E-state index in [4.69, 9.17) is 27.9 Å². The number of ether oxygens (including phenoxy) is 1. The third kappa shape index (κ3) is 4.27. The van der Waals surface area contributed by atoms with Gasteiger partial charge in [0.15, 0.2) is 5.78 Å². The number of benzene rings is 3. The number of carbonyl (C=O) groups is 2. The zero-order valence-electron chi connectivity index (χ0n) is 12.9. The number of halogens is 2. The summed E-state index contributed by atoms with van der Waals surface area (Å²) >= 11 is 11.8. The Morgan fingerprint density at radius 3 is 1.84 bits per heavy atom. The molecule has 0 aliphatic carbocycles. The van der Waals surface area contributed by atoms with Crippen LogP contribution in [0.4, 0.5) is 0 Å². The van der Waals surface area contributed by atoms with Crippen molar-refractivity contribution in [1.82, 2.24) is 0 Å². The highest BCUT2D eigenvalue weighted by atomic mass is 35.5. The van der Waals surface area contributed by atoms with E-state index in [9.17, 15) is 9.59 Å². The summed E-state index contributed by atoms with van der Waals surface area (Å²) in [4.78, 5) is 24.5. The quantitative estimate of drug-likeness (QED) is 0.348. The molecule has 0 amide bonds. The first-order valence-corrected chi connectivity index (χ1v) is 8.16. The van der Waals surface area contributed by atoms with Gasteiger partial charge in [-0.05, 0) is 42.5 Å². The van der Waals surface area contributed by atoms with Gasteiger partial charge in [0, 0.05) is 21.2 Å². The van der Waals surface area contributed by atoms with Crippen molar-refractivity contribution in [3.63, 3.8) is 0 Å². The van der Waals surface area contributed by atoms with Crippen LogP contribution in [0.5, 0.6) is 5.75 Å². The number of carbonyl (C=O) groups excluding carboxylic acids is 2. The van der Waals surface area contributed by atoms with Crippen LogP contribution in [-0.4, -0.2) is 11.8 Å². The third-order valence-electron chi connectivity index (χ3n) is 3.46. The maximum absolute atomic E-state index is 12.3. The largest absolute Gasteiger partial charge is 0.423 e. The molecule has 0 fully saturated rings. The predicted octanol–water partition coefficient (Wildman–Crippen LogP) is 5.44. The van der Waals surface area contributed by atoms with Crippen LogP contribution >= 0.6 is 23.2 Å². The van der Waals surface area contributed by atoms with E-state index in [0.717, 1.165) is 0 Å². The molecular weight excluding hydrogens is 359 g/mol. The Kier molecular flexibility index (Phi) is 5.17. The molecule has 5 heteroatoms. The Bertz CT molecular complexity index is 899. The molecule has 3 rings (SSSR count). The molecule has 0 bridgehead atoms. The lowest BCUT2D eigenvalue weighted by atomic mass is 10.0. The fourth-order valence-corrected chi connectivity index (χ4v) is 2.79. The molecule has 0 aromatic heterocycles. The molecular formula is C20H12Cl2O3. The van der Waals surface area contributed by atoms with Gasteiger partial charge >= 0.3 is 5.97 Å². The minimum absolute atomic E-state index is 0.0971. The van der Waals surface area contributed by atoms with Gasteiger partial charge in [0.25, 0.3) is 0 Å². The Hall–Kier alpha value is -2.62. The smallest absolute Gasteiger partial charge is 0.343 e. The molecule has 0 aliphatic heterocycles. The number of rotatable bonds is 4. The summed E-state index contributed by atoms with van der Waals surface area (Å²) in [5.41, 5.74) is 1.36. The van der Waals surface area contributed by atoms with Crippen LogP contribution in [0.15, 0.2) is 72.8 Å². The van der Waals surface area contributed by atoms with Gasteiger partial charge in [0.1, 0.15) is 5.75 Å². The molecule has 3 aromatic carbocycles. The number of hydrogen-bond donors (Lipinski definition) is 0. The van der Waals surface area contributed by atoms with Crippen molar-refractivity contribution in [1.29, 1.82) is 0 Å². The van der Waals surface area contributed by atoms with Gasteiger partial charge in [-0.25, -0.2) is 4.79 Å². The topological polar surface area (TPSA) is 43.4 Å². The van der Waals surface area contributed by atoms with E-state index in [0.29, 0.717) is 26.9 Å². The maximum atomic E-state index is 12.3. The van der Waals surface area contributed by atoms with Crippen LogP contribution in [0.1, 0.15) is 26.3 Å². The standard InChI is InChI=1S/C20H12Cl2O3/c21-16-10-15(11-17(22)12-16)20(24)25-18-8-6-14(7-9-18)19(23)13-4-2-1-3-5-13/h1-12H. The van der Waals surface area contributed by atoms with Crippen LogP contribution < -0.4 is 4.74 Å². The van der Waals surface area contributed by atoms with Crippen molar-refractivity contribution < 1.29 is 14.3 Å². The zero-order chi connectivity index (χ0) is 17.8. The lowest BCUT2D eigenvalue weighted by Gasteiger charge is -2.06. The molecule has 25 heavy (non-hydrogen) atoms. The van der Waals surface area contributed by atoms with Gasteiger partial charge in [-0.2, -0.15) is 0 Å². The minimum Gasteiger partial charge on any atom is -0.423 e. The summed E-state index contributed by atoms with van der Waals surface area (Å²) < 4.78 is 5.28. The average molecular weight is 371 g/mol. The van der Waals surface area contributed by atoms with Crippen molar-refractivity contribution in [2.45, 2.75) is 0 Å². The van der Waals surface area contributed by atoms with Crippen molar-refractivity contribution in [2.24, 2.45) is 0 Å². The van der Waals surface area contributed by atoms with E-state index < -0.39 is 5.97 Å². The van der Waals surface area contributed by atoms with Crippen LogP contribution in [0, 0.1) is 0 Å². The molecule has 0 spiro atoms. The Balaban J connectivity index is 1.74. The van der Waals surface area contributed by atoms with Gasteiger partial charge in [-0.3, -0.25) is 4.79 Å². The summed E-state index contributed by atoms with van der Waals surface area (Å²) in [6, 6.07) is 19.8. The summed E-state index contributed by atoms with van der Waals surface area (Å²) in [5.74, 6) is -0.350. The molecule has 124 valence electrons. The van der Waals surface area contributed by atoms with Gasteiger partial charge in [0.05, 0.1) is 5.56 Å². The maximum Gasteiger partial charge on any atom is 0.343 e. The molecule has 0 saturated carbocycles. The predicted molar refractivity (Wildman–Crippen MR) is 97.7 cm³/mol. The highest BCUT2D eigenvalue weighted by Crippen LogP contribution is 2.21. The number of ketones is 1. The van der Waals surface area contributed by atoms with E-state index in [2.05, 4.69) is 0 Å². The van der Waals surface area contributed by atoms with Crippen molar-refractivity contribution in [3.8, 4) is 5.75 Å². The minimum atomic E-state index is -0.577. The molecule has 3 aromatic rings. The molecule has 0 atom stereocenters. The third-order valence-corrected chi connectivity index (χ3v) is 3.90. The first-order chi connectivity index (χ1) is 12.0. The van der Waals surface area contributed by atoms with E-state index in [1.165, 1.54) is 18.2 Å². The molecule has 0 N–H and O–H groups in total. The molecule has 3 nitrogen and oxygen atoms in total. The first-order valence-electron chi connectivity index (χ1n) is 7.41. The highest BCUT2D eigenvalue weighted by Gasteiger charge is 2.12. The zero-order valence-corrected chi connectivity index (χ0v) is 14.4. The summed E-state index contributed by atoms with van der Waals surface area (Å²) in [7, 11) is 0. The second-order valence-electron chi connectivity index (χ2n) is 5.27. The average Bonchev–Trinajstić information content (AvgIpc) is 2.61. The van der Waals surface area contributed by atoms with Gasteiger partial charge in [-0.1, -0.05) is 53.5 Å². The second-order valence-corrected chi connectivity index (χ2v) is 6.14. The van der Waals surface area contributed by atoms with Crippen molar-refractivity contribution in [3.05, 3.63) is 99.5 Å². The van der Waals surface area contributed by atoms with E-state index >= 15 is 0 Å². The molecule has 0 saturated heterocycles. The van der Waals surface area contributed by atoms with Gasteiger partial charge in [0.2, 0.25) is 0 Å². The van der Waals surface area contributed by atoms with E-state index in [1.54, 1.807) is 48.5 Å². The van der Waals surface area contributed by atoms with Gasteiger partial charge in [-0.15, -0.1) is 0 Å². The van der Waals surface area contributed by atoms with E-state index in [1.807, 2.05) is 6.07 Å². The lowest BCUT2D eigenvalue weighted by Crippen LogP contribution is -2.09.